The van der Waals surface area contributed by atoms with Crippen LogP contribution in [0.2, 0.25) is 0 Å². The monoisotopic (exact) mass is 283 g/mol. The van der Waals surface area contributed by atoms with Crippen LogP contribution in [0.5, 0.6) is 5.75 Å². The van der Waals surface area contributed by atoms with E-state index in [4.69, 9.17) is 9.47 Å². The van der Waals surface area contributed by atoms with Crippen molar-refractivity contribution in [3.63, 3.8) is 0 Å². The average Bonchev–Trinajstić information content (AvgIpc) is 2.36. The fourth-order valence-corrected chi connectivity index (χ4v) is 1.79. The molecule has 1 N–H and O–H groups in total. The van der Waals surface area contributed by atoms with Crippen LogP contribution in [0.1, 0.15) is 44.9 Å². The summed E-state index contributed by atoms with van der Waals surface area (Å²) in [5, 5.41) is 3.11. The third-order valence-corrected chi connectivity index (χ3v) is 3.07. The molecular weight excluding hydrogens is 257 g/mol. The highest BCUT2D eigenvalue weighted by Crippen LogP contribution is 2.28. The van der Waals surface area contributed by atoms with Gasteiger partial charge in [-0.05, 0) is 59.4 Å². The smallest absolute Gasteiger partial charge is 0.126 e. The van der Waals surface area contributed by atoms with Gasteiger partial charge in [0.1, 0.15) is 18.2 Å². The van der Waals surface area contributed by atoms with Gasteiger partial charge in [-0.15, -0.1) is 0 Å². The lowest BCUT2D eigenvalue weighted by Crippen LogP contribution is -2.23. The van der Waals surface area contributed by atoms with Crippen molar-refractivity contribution in [3.8, 4) is 5.75 Å². The molecule has 0 radical (unpaired) electrons. The van der Waals surface area contributed by atoms with E-state index in [-0.39, 0.29) is 17.5 Å². The predicted octanol–water partition coefficient (Wildman–Crippen LogP) is 3.61. The van der Waals surface area contributed by atoms with E-state index in [1.54, 1.807) is 13.0 Å². The Morgan fingerprint density at radius 3 is 2.45 bits per heavy atom. The van der Waals surface area contributed by atoms with Crippen LogP contribution < -0.4 is 10.1 Å². The van der Waals surface area contributed by atoms with E-state index >= 15 is 0 Å². The van der Waals surface area contributed by atoms with E-state index in [9.17, 15) is 4.39 Å². The summed E-state index contributed by atoms with van der Waals surface area (Å²) < 4.78 is 25.1. The summed E-state index contributed by atoms with van der Waals surface area (Å²) in [5.41, 5.74) is 1.23. The van der Waals surface area contributed by atoms with Gasteiger partial charge in [0.25, 0.3) is 0 Å². The summed E-state index contributed by atoms with van der Waals surface area (Å²) in [7, 11) is 1.84. The van der Waals surface area contributed by atoms with Crippen LogP contribution in [0.25, 0.3) is 0 Å². The van der Waals surface area contributed by atoms with Gasteiger partial charge in [-0.3, -0.25) is 0 Å². The van der Waals surface area contributed by atoms with Crippen LogP contribution in [0.4, 0.5) is 4.39 Å². The molecule has 3 nitrogen and oxygen atoms in total. The van der Waals surface area contributed by atoms with E-state index in [1.807, 2.05) is 34.7 Å². The maximum absolute atomic E-state index is 13.7. The van der Waals surface area contributed by atoms with Gasteiger partial charge in [0.05, 0.1) is 12.2 Å². The molecular formula is C16H26FNO2. The van der Waals surface area contributed by atoms with Gasteiger partial charge in [0.15, 0.2) is 0 Å². The first-order valence-electron chi connectivity index (χ1n) is 6.98. The Bertz CT molecular complexity index is 441. The summed E-state index contributed by atoms with van der Waals surface area (Å²) in [6.45, 7) is 10.7. The summed E-state index contributed by atoms with van der Waals surface area (Å²) in [4.78, 5) is 0. The molecule has 0 bridgehead atoms. The Balaban J connectivity index is 2.75. The Morgan fingerprint density at radius 1 is 1.25 bits per heavy atom. The molecule has 0 aromatic heterocycles. The van der Waals surface area contributed by atoms with Crippen molar-refractivity contribution in [2.75, 3.05) is 20.3 Å². The molecule has 4 heteroatoms. The first-order chi connectivity index (χ1) is 9.24. The number of rotatable bonds is 6. The molecule has 1 rings (SSSR count). The summed E-state index contributed by atoms with van der Waals surface area (Å²) >= 11 is 0. The van der Waals surface area contributed by atoms with Crippen molar-refractivity contribution >= 4 is 0 Å². The fourth-order valence-electron chi connectivity index (χ4n) is 1.79. The number of aryl methyl sites for hydroxylation is 1. The standard InChI is InChI=1S/C16H26FNO2/c1-11-9-15(19-7-8-20-16(3,4)5)13(10-14(11)17)12(2)18-6/h9-10,12,18H,7-8H2,1-6H3. The molecule has 114 valence electrons. The Hall–Kier alpha value is -1.13. The lowest BCUT2D eigenvalue weighted by atomic mass is 10.0. The molecule has 1 aromatic carbocycles. The number of benzene rings is 1. The molecule has 0 aliphatic carbocycles. The van der Waals surface area contributed by atoms with Gasteiger partial charge >= 0.3 is 0 Å². The van der Waals surface area contributed by atoms with Crippen molar-refractivity contribution in [2.45, 2.75) is 46.3 Å². The van der Waals surface area contributed by atoms with E-state index < -0.39 is 0 Å². The summed E-state index contributed by atoms with van der Waals surface area (Å²) in [6.07, 6.45) is 0. The second-order valence-corrected chi connectivity index (χ2v) is 5.96. The van der Waals surface area contributed by atoms with Crippen LogP contribution in [-0.2, 0) is 4.74 Å². The highest BCUT2D eigenvalue weighted by atomic mass is 19.1. The number of nitrogens with one attached hydrogen (secondary N) is 1. The fraction of sp³-hybridized carbons (Fsp3) is 0.625. The second kappa shape index (κ2) is 7.04. The predicted molar refractivity (Wildman–Crippen MR) is 79.8 cm³/mol. The number of hydrogen-bond acceptors (Lipinski definition) is 3. The highest BCUT2D eigenvalue weighted by molar-refractivity contribution is 5.40. The Morgan fingerprint density at radius 2 is 1.90 bits per heavy atom. The minimum absolute atomic E-state index is 0.0311. The maximum atomic E-state index is 13.7. The van der Waals surface area contributed by atoms with Gasteiger partial charge < -0.3 is 14.8 Å². The summed E-state index contributed by atoms with van der Waals surface area (Å²) in [6, 6.07) is 3.31. The molecule has 0 spiro atoms. The lowest BCUT2D eigenvalue weighted by molar-refractivity contribution is -0.0164. The highest BCUT2D eigenvalue weighted by Gasteiger charge is 2.14. The zero-order chi connectivity index (χ0) is 15.3. The third-order valence-electron chi connectivity index (χ3n) is 3.07. The van der Waals surface area contributed by atoms with Crippen LogP contribution in [0, 0.1) is 12.7 Å². The number of halogens is 1. The quantitative estimate of drug-likeness (QED) is 0.809. The molecule has 1 atom stereocenters. The van der Waals surface area contributed by atoms with Crippen LogP contribution in [0.15, 0.2) is 12.1 Å². The molecule has 0 saturated heterocycles. The van der Waals surface area contributed by atoms with Gasteiger partial charge in [0, 0.05) is 11.6 Å². The first-order valence-corrected chi connectivity index (χ1v) is 6.98. The molecule has 0 aliphatic heterocycles. The maximum Gasteiger partial charge on any atom is 0.126 e. The van der Waals surface area contributed by atoms with Crippen molar-refractivity contribution in [1.82, 2.24) is 5.32 Å². The normalized spacial score (nSPS) is 13.3. The lowest BCUT2D eigenvalue weighted by Gasteiger charge is -2.21. The van der Waals surface area contributed by atoms with Crippen LogP contribution in [-0.4, -0.2) is 25.9 Å². The van der Waals surface area contributed by atoms with E-state index in [0.717, 1.165) is 5.56 Å². The van der Waals surface area contributed by atoms with Crippen LogP contribution >= 0.6 is 0 Å². The van der Waals surface area contributed by atoms with Crippen molar-refractivity contribution in [1.29, 1.82) is 0 Å². The second-order valence-electron chi connectivity index (χ2n) is 5.96. The molecule has 0 fully saturated rings. The van der Waals surface area contributed by atoms with Crippen molar-refractivity contribution in [2.24, 2.45) is 0 Å². The molecule has 0 saturated carbocycles. The average molecular weight is 283 g/mol. The molecule has 1 unspecified atom stereocenters. The molecule has 0 heterocycles. The van der Waals surface area contributed by atoms with Gasteiger partial charge in [-0.2, -0.15) is 0 Å². The molecule has 0 aliphatic rings. The minimum Gasteiger partial charge on any atom is -0.491 e. The van der Waals surface area contributed by atoms with Crippen molar-refractivity contribution < 1.29 is 13.9 Å². The number of hydrogen-bond donors (Lipinski definition) is 1. The molecule has 1 aromatic rings. The minimum atomic E-state index is -0.208. The topological polar surface area (TPSA) is 30.5 Å². The van der Waals surface area contributed by atoms with Crippen LogP contribution in [0.3, 0.4) is 0 Å². The third kappa shape index (κ3) is 5.10. The first kappa shape index (κ1) is 16.9. The zero-order valence-electron chi connectivity index (χ0n) is 13.3. The zero-order valence-corrected chi connectivity index (χ0v) is 13.3. The van der Waals surface area contributed by atoms with E-state index in [0.29, 0.717) is 24.5 Å². The van der Waals surface area contributed by atoms with Gasteiger partial charge in [-0.25, -0.2) is 4.39 Å². The largest absolute Gasteiger partial charge is 0.491 e. The molecule has 0 amide bonds. The Labute approximate surface area is 121 Å². The molecule has 20 heavy (non-hydrogen) atoms. The van der Waals surface area contributed by atoms with Gasteiger partial charge in [-0.1, -0.05) is 0 Å². The van der Waals surface area contributed by atoms with Crippen molar-refractivity contribution in [3.05, 3.63) is 29.1 Å². The SMILES string of the molecule is CNC(C)c1cc(F)c(C)cc1OCCOC(C)(C)C. The Kier molecular flexibility index (Phi) is 5.96. The number of ether oxygens (including phenoxy) is 2. The van der Waals surface area contributed by atoms with E-state index in [1.165, 1.54) is 6.07 Å². The van der Waals surface area contributed by atoms with Gasteiger partial charge in [0.2, 0.25) is 0 Å². The summed E-state index contributed by atoms with van der Waals surface area (Å²) in [5.74, 6) is 0.503. The van der Waals surface area contributed by atoms with E-state index in [2.05, 4.69) is 5.32 Å².